The maximum absolute atomic E-state index is 14.9. The van der Waals surface area contributed by atoms with Crippen molar-refractivity contribution in [2.24, 2.45) is 5.92 Å². The van der Waals surface area contributed by atoms with Gasteiger partial charge in [0.2, 0.25) is 0 Å². The van der Waals surface area contributed by atoms with Crippen LogP contribution in [0.1, 0.15) is 55.2 Å². The summed E-state index contributed by atoms with van der Waals surface area (Å²) in [5.74, 6) is -2.12. The standard InChI is InChI=1S/C28H28F8N2O4S/c29-19-5-9-21(10-6-19)43(41,42)25-13-14-38(37-20-7-1-16(2-8-20)24(39)40)23(25)12-3-17-15-18(4-11-22(17)25)26(30,27(31,32)33)28(34,35)36/h4-6,9-11,15-16,20,23,37H,1-3,7-8,12-14H2,(H,39,40)/t16?,20?,23-,25-/m1/s1. The third-order valence-corrected chi connectivity index (χ3v) is 11.6. The fraction of sp³-hybridized carbons (Fsp3) is 0.536. The lowest BCUT2D eigenvalue weighted by atomic mass is 9.77. The zero-order valence-electron chi connectivity index (χ0n) is 22.5. The number of halogens is 8. The highest BCUT2D eigenvalue weighted by atomic mass is 32.2. The number of aryl methyl sites for hydroxylation is 1. The van der Waals surface area contributed by atoms with Gasteiger partial charge in [0, 0.05) is 24.2 Å². The molecule has 43 heavy (non-hydrogen) atoms. The van der Waals surface area contributed by atoms with Gasteiger partial charge in [-0.3, -0.25) is 10.2 Å². The minimum atomic E-state index is -6.33. The number of carboxylic acids is 1. The molecule has 15 heteroatoms. The van der Waals surface area contributed by atoms with Crippen LogP contribution < -0.4 is 5.43 Å². The second-order valence-electron chi connectivity index (χ2n) is 11.4. The second-order valence-corrected chi connectivity index (χ2v) is 13.6. The predicted molar refractivity (Wildman–Crippen MR) is 137 cm³/mol. The van der Waals surface area contributed by atoms with Crippen molar-refractivity contribution in [1.82, 2.24) is 10.4 Å². The normalized spacial score (nSPS) is 27.0. The molecule has 2 N–H and O–H groups in total. The third-order valence-electron chi connectivity index (χ3n) is 9.09. The van der Waals surface area contributed by atoms with Crippen LogP contribution in [0, 0.1) is 11.7 Å². The number of alkyl halides is 7. The highest BCUT2D eigenvalue weighted by Crippen LogP contribution is 2.56. The van der Waals surface area contributed by atoms with Crippen molar-refractivity contribution in [2.75, 3.05) is 6.54 Å². The molecule has 0 spiro atoms. The van der Waals surface area contributed by atoms with Gasteiger partial charge >= 0.3 is 24.0 Å². The van der Waals surface area contributed by atoms with E-state index >= 15 is 0 Å². The van der Waals surface area contributed by atoms with Crippen LogP contribution in [0.25, 0.3) is 0 Å². The molecule has 1 saturated heterocycles. The smallest absolute Gasteiger partial charge is 0.435 e. The Morgan fingerprint density at radius 3 is 2.07 bits per heavy atom. The fourth-order valence-corrected chi connectivity index (χ4v) is 9.28. The summed E-state index contributed by atoms with van der Waals surface area (Å²) in [6.07, 6.45) is -11.1. The first-order valence-corrected chi connectivity index (χ1v) is 15.1. The Morgan fingerprint density at radius 2 is 1.51 bits per heavy atom. The molecule has 0 amide bonds. The fourth-order valence-electron chi connectivity index (χ4n) is 6.91. The van der Waals surface area contributed by atoms with Gasteiger partial charge < -0.3 is 5.11 Å². The summed E-state index contributed by atoms with van der Waals surface area (Å²) >= 11 is 0. The zero-order chi connectivity index (χ0) is 31.6. The molecule has 0 radical (unpaired) electrons. The summed E-state index contributed by atoms with van der Waals surface area (Å²) in [6, 6.07) is 4.57. The zero-order valence-corrected chi connectivity index (χ0v) is 23.3. The number of nitrogens with zero attached hydrogens (tertiary/aromatic N) is 1. The summed E-state index contributed by atoms with van der Waals surface area (Å²) in [4.78, 5) is 11.1. The molecule has 6 nitrogen and oxygen atoms in total. The number of nitrogens with one attached hydrogen (secondary N) is 1. The Hall–Kier alpha value is -2.78. The first-order valence-electron chi connectivity index (χ1n) is 13.7. The van der Waals surface area contributed by atoms with Crippen molar-refractivity contribution in [1.29, 1.82) is 0 Å². The van der Waals surface area contributed by atoms with E-state index in [1.807, 2.05) is 0 Å². The molecule has 5 rings (SSSR count). The molecule has 1 aliphatic heterocycles. The average molecular weight is 641 g/mol. The van der Waals surface area contributed by atoms with Gasteiger partial charge in [-0.15, -0.1) is 0 Å². The lowest BCUT2D eigenvalue weighted by Gasteiger charge is -2.44. The van der Waals surface area contributed by atoms with Crippen LogP contribution in [0.2, 0.25) is 0 Å². The number of hydrazine groups is 1. The van der Waals surface area contributed by atoms with Gasteiger partial charge in [-0.25, -0.2) is 22.2 Å². The van der Waals surface area contributed by atoms with E-state index in [4.69, 9.17) is 0 Å². The van der Waals surface area contributed by atoms with Crippen molar-refractivity contribution in [3.63, 3.8) is 0 Å². The van der Waals surface area contributed by atoms with E-state index < -0.39 is 61.9 Å². The van der Waals surface area contributed by atoms with Crippen LogP contribution in [-0.2, 0) is 31.5 Å². The molecule has 2 fully saturated rings. The topological polar surface area (TPSA) is 86.7 Å². The van der Waals surface area contributed by atoms with Gasteiger partial charge in [0.05, 0.1) is 10.8 Å². The minimum absolute atomic E-state index is 0.00826. The molecule has 2 aromatic carbocycles. The number of hydrogen-bond donors (Lipinski definition) is 2. The SMILES string of the molecule is O=C(O)C1CCC(NN2CC[C@@]3(S(=O)(=O)c4ccc(F)cc4)c4ccc(C(F)(C(F)(F)F)C(F)(F)F)cc4CC[C@@H]23)CC1. The van der Waals surface area contributed by atoms with E-state index in [1.54, 1.807) is 5.01 Å². The number of benzene rings is 2. The number of rotatable bonds is 6. The quantitative estimate of drug-likeness (QED) is 0.300. The van der Waals surface area contributed by atoms with Crippen LogP contribution in [-0.4, -0.2) is 55.5 Å². The van der Waals surface area contributed by atoms with Crippen LogP contribution in [0.4, 0.5) is 35.1 Å². The van der Waals surface area contributed by atoms with E-state index in [0.717, 1.165) is 30.3 Å². The average Bonchev–Trinajstić information content (AvgIpc) is 3.31. The minimum Gasteiger partial charge on any atom is -0.481 e. The molecule has 0 unspecified atom stereocenters. The van der Waals surface area contributed by atoms with Gasteiger partial charge in [-0.05, 0) is 80.3 Å². The van der Waals surface area contributed by atoms with Crippen LogP contribution in [0.3, 0.4) is 0 Å². The molecule has 1 saturated carbocycles. The first kappa shape index (κ1) is 31.6. The summed E-state index contributed by atoms with van der Waals surface area (Å²) in [6.45, 7) is 0.128. The Bertz CT molecular complexity index is 1470. The predicted octanol–water partition coefficient (Wildman–Crippen LogP) is 5.95. The van der Waals surface area contributed by atoms with Crippen LogP contribution in [0.15, 0.2) is 47.4 Å². The number of aliphatic carboxylic acids is 1. The lowest BCUT2D eigenvalue weighted by molar-refractivity contribution is -0.348. The van der Waals surface area contributed by atoms with Crippen molar-refractivity contribution in [3.05, 3.63) is 65.0 Å². The number of fused-ring (bicyclic) bond motifs is 3. The number of sulfone groups is 1. The number of hydrogen-bond acceptors (Lipinski definition) is 5. The van der Waals surface area contributed by atoms with E-state index in [9.17, 15) is 53.4 Å². The van der Waals surface area contributed by atoms with E-state index in [0.29, 0.717) is 37.8 Å². The van der Waals surface area contributed by atoms with Crippen molar-refractivity contribution in [3.8, 4) is 0 Å². The van der Waals surface area contributed by atoms with E-state index in [2.05, 4.69) is 5.43 Å². The largest absolute Gasteiger partial charge is 0.481 e. The monoisotopic (exact) mass is 640 g/mol. The highest BCUT2D eigenvalue weighted by molar-refractivity contribution is 7.92. The van der Waals surface area contributed by atoms with E-state index in [1.165, 1.54) is 0 Å². The first-order chi connectivity index (χ1) is 19.9. The molecule has 2 aliphatic carbocycles. The second kappa shape index (κ2) is 10.7. The molecule has 0 bridgehead atoms. The highest BCUT2D eigenvalue weighted by Gasteiger charge is 2.73. The number of carbonyl (C=O) groups is 1. The molecule has 1 heterocycles. The Balaban J connectivity index is 1.59. The summed E-state index contributed by atoms with van der Waals surface area (Å²) in [5, 5.41) is 11.0. The van der Waals surface area contributed by atoms with Gasteiger partial charge in [0.15, 0.2) is 9.84 Å². The maximum atomic E-state index is 14.9. The van der Waals surface area contributed by atoms with Crippen molar-refractivity contribution < 1.29 is 53.4 Å². The number of carboxylic acid groups (broad SMARTS) is 1. The lowest BCUT2D eigenvalue weighted by Crippen LogP contribution is -2.56. The Morgan fingerprint density at radius 1 is 0.907 bits per heavy atom. The van der Waals surface area contributed by atoms with Gasteiger partial charge in [-0.2, -0.15) is 26.3 Å². The molecule has 0 aromatic heterocycles. The van der Waals surface area contributed by atoms with Crippen LogP contribution in [0.5, 0.6) is 0 Å². The maximum Gasteiger partial charge on any atom is 0.435 e. The molecular formula is C28H28F8N2O4S. The summed E-state index contributed by atoms with van der Waals surface area (Å²) in [5.41, 5.74) is -4.26. The molecule has 2 atom stereocenters. The molecule has 3 aliphatic rings. The van der Waals surface area contributed by atoms with Gasteiger partial charge in [0.25, 0.3) is 0 Å². The van der Waals surface area contributed by atoms with Crippen LogP contribution >= 0.6 is 0 Å². The summed E-state index contributed by atoms with van der Waals surface area (Å²) < 4.78 is 137. The van der Waals surface area contributed by atoms with Gasteiger partial charge in [0.1, 0.15) is 10.6 Å². The Labute approximate surface area is 241 Å². The Kier molecular flexibility index (Phi) is 7.86. The summed E-state index contributed by atoms with van der Waals surface area (Å²) in [7, 11) is -4.45. The molecule has 2 aromatic rings. The molecular weight excluding hydrogens is 612 g/mol. The third kappa shape index (κ3) is 5.00. The van der Waals surface area contributed by atoms with E-state index in [-0.39, 0.29) is 47.9 Å². The molecule has 236 valence electrons. The van der Waals surface area contributed by atoms with Gasteiger partial charge in [-0.1, -0.05) is 18.2 Å². The van der Waals surface area contributed by atoms with Crippen molar-refractivity contribution in [2.45, 2.75) is 84.7 Å². The van der Waals surface area contributed by atoms with Crippen molar-refractivity contribution >= 4 is 15.8 Å².